The highest BCUT2D eigenvalue weighted by atomic mass is 16.7. The maximum Gasteiger partial charge on any atom is 0.184 e. The average molecular weight is 267 g/mol. The van der Waals surface area contributed by atoms with Crippen LogP contribution in [0.3, 0.4) is 0 Å². The highest BCUT2D eigenvalue weighted by molar-refractivity contribution is 5.27. The summed E-state index contributed by atoms with van der Waals surface area (Å²) in [4.78, 5) is 0. The van der Waals surface area contributed by atoms with E-state index in [9.17, 15) is 10.2 Å². The second kappa shape index (κ2) is 6.98. The van der Waals surface area contributed by atoms with Gasteiger partial charge in [0.25, 0.3) is 0 Å². The van der Waals surface area contributed by atoms with E-state index in [1.807, 2.05) is 25.2 Å². The summed E-state index contributed by atoms with van der Waals surface area (Å²) in [5.41, 5.74) is 1.55. The fourth-order valence-corrected chi connectivity index (χ4v) is 2.11. The lowest BCUT2D eigenvalue weighted by molar-refractivity contribution is -0.0444. The van der Waals surface area contributed by atoms with Crippen LogP contribution in [0.2, 0.25) is 0 Å². The lowest BCUT2D eigenvalue weighted by atomic mass is 10.00. The van der Waals surface area contributed by atoms with Gasteiger partial charge in [-0.15, -0.1) is 0 Å². The van der Waals surface area contributed by atoms with Gasteiger partial charge in [-0.25, -0.2) is 0 Å². The van der Waals surface area contributed by atoms with Crippen molar-refractivity contribution in [2.75, 3.05) is 26.8 Å². The molecule has 1 aliphatic rings. The number of rotatable bonds is 6. The van der Waals surface area contributed by atoms with Crippen molar-refractivity contribution in [1.82, 2.24) is 5.32 Å². The van der Waals surface area contributed by atoms with E-state index in [-0.39, 0.29) is 6.29 Å². The molecule has 0 aromatic heterocycles. The number of ether oxygens (including phenoxy) is 2. The van der Waals surface area contributed by atoms with Gasteiger partial charge in [-0.1, -0.05) is 18.2 Å². The smallest absolute Gasteiger partial charge is 0.184 e. The number of aliphatic hydroxyl groups excluding tert-OH is 2. The summed E-state index contributed by atoms with van der Waals surface area (Å²) in [6.07, 6.45) is -1.54. The van der Waals surface area contributed by atoms with Crippen LogP contribution < -0.4 is 5.32 Å². The quantitative estimate of drug-likeness (QED) is 0.709. The zero-order valence-electron chi connectivity index (χ0n) is 11.1. The molecule has 1 aromatic rings. The summed E-state index contributed by atoms with van der Waals surface area (Å²) < 4.78 is 10.8. The topological polar surface area (TPSA) is 71.0 Å². The minimum absolute atomic E-state index is 0.360. The van der Waals surface area contributed by atoms with Gasteiger partial charge in [-0.2, -0.15) is 0 Å². The molecule has 2 rings (SSSR count). The molecular weight excluding hydrogens is 246 g/mol. The molecular formula is C14H21NO4. The first kappa shape index (κ1) is 14.4. The Hall–Kier alpha value is -0.980. The highest BCUT2D eigenvalue weighted by Gasteiger charge is 2.22. The van der Waals surface area contributed by atoms with Crippen molar-refractivity contribution in [3.05, 3.63) is 35.4 Å². The average Bonchev–Trinajstić information content (AvgIpc) is 2.98. The van der Waals surface area contributed by atoms with Gasteiger partial charge in [0.15, 0.2) is 6.29 Å². The molecule has 2 atom stereocenters. The van der Waals surface area contributed by atoms with Crippen LogP contribution in [0.4, 0.5) is 0 Å². The van der Waals surface area contributed by atoms with E-state index < -0.39 is 12.2 Å². The van der Waals surface area contributed by atoms with Crippen LogP contribution in [0.1, 0.15) is 29.9 Å². The van der Waals surface area contributed by atoms with E-state index in [0.29, 0.717) is 31.7 Å². The zero-order chi connectivity index (χ0) is 13.7. The lowest BCUT2D eigenvalue weighted by Gasteiger charge is -2.19. The summed E-state index contributed by atoms with van der Waals surface area (Å²) in [6.45, 7) is 1.83. The summed E-state index contributed by atoms with van der Waals surface area (Å²) in [5, 5.41) is 23.0. The highest BCUT2D eigenvalue weighted by Crippen LogP contribution is 2.27. The van der Waals surface area contributed by atoms with Crippen LogP contribution in [0, 0.1) is 0 Å². The van der Waals surface area contributed by atoms with Crippen LogP contribution in [-0.2, 0) is 9.47 Å². The third kappa shape index (κ3) is 3.75. The molecule has 1 aromatic carbocycles. The molecule has 0 saturated carbocycles. The van der Waals surface area contributed by atoms with E-state index in [1.54, 1.807) is 6.07 Å². The Morgan fingerprint density at radius 1 is 1.32 bits per heavy atom. The van der Waals surface area contributed by atoms with E-state index in [1.165, 1.54) is 0 Å². The van der Waals surface area contributed by atoms with Crippen LogP contribution in [0.15, 0.2) is 24.3 Å². The van der Waals surface area contributed by atoms with E-state index in [2.05, 4.69) is 5.32 Å². The normalized spacial score (nSPS) is 19.5. The van der Waals surface area contributed by atoms with Crippen LogP contribution in [0.25, 0.3) is 0 Å². The number of nitrogens with one attached hydrogen (secondary N) is 1. The van der Waals surface area contributed by atoms with E-state index in [4.69, 9.17) is 9.47 Å². The van der Waals surface area contributed by atoms with Gasteiger partial charge in [0.2, 0.25) is 0 Å². The first-order valence-corrected chi connectivity index (χ1v) is 6.56. The third-order valence-electron chi connectivity index (χ3n) is 3.20. The Morgan fingerprint density at radius 3 is 2.74 bits per heavy atom. The maximum absolute atomic E-state index is 10.1. The molecule has 5 heteroatoms. The Labute approximate surface area is 113 Å². The molecule has 1 fully saturated rings. The molecule has 19 heavy (non-hydrogen) atoms. The number of hydrogen-bond acceptors (Lipinski definition) is 5. The summed E-state index contributed by atoms with van der Waals surface area (Å²) in [6, 6.07) is 7.35. The predicted octanol–water partition coefficient (Wildman–Crippen LogP) is 0.736. The van der Waals surface area contributed by atoms with Gasteiger partial charge in [-0.05, 0) is 31.6 Å². The minimum Gasteiger partial charge on any atom is -0.390 e. The Morgan fingerprint density at radius 2 is 2.05 bits per heavy atom. The first-order valence-electron chi connectivity index (χ1n) is 6.56. The third-order valence-corrected chi connectivity index (χ3v) is 3.20. The molecule has 1 aliphatic heterocycles. The fourth-order valence-electron chi connectivity index (χ4n) is 2.11. The monoisotopic (exact) mass is 267 g/mol. The SMILES string of the molecule is CNCCC(O)C(O)c1cccc(C2OCCO2)c1. The molecule has 1 heterocycles. The van der Waals surface area contributed by atoms with Crippen LogP contribution in [-0.4, -0.2) is 43.1 Å². The van der Waals surface area contributed by atoms with E-state index >= 15 is 0 Å². The van der Waals surface area contributed by atoms with Gasteiger partial charge in [0.1, 0.15) is 6.10 Å². The molecule has 2 unspecified atom stereocenters. The van der Waals surface area contributed by atoms with Crippen molar-refractivity contribution < 1.29 is 19.7 Å². The van der Waals surface area contributed by atoms with Crippen molar-refractivity contribution in [3.63, 3.8) is 0 Å². The Balaban J connectivity index is 2.04. The van der Waals surface area contributed by atoms with Gasteiger partial charge in [0.05, 0.1) is 19.3 Å². The second-order valence-corrected chi connectivity index (χ2v) is 4.65. The molecule has 0 bridgehead atoms. The maximum atomic E-state index is 10.1. The minimum atomic E-state index is -0.894. The molecule has 0 radical (unpaired) electrons. The van der Waals surface area contributed by atoms with Crippen LogP contribution >= 0.6 is 0 Å². The largest absolute Gasteiger partial charge is 0.390 e. The molecule has 1 saturated heterocycles. The second-order valence-electron chi connectivity index (χ2n) is 4.65. The van der Waals surface area contributed by atoms with Crippen molar-refractivity contribution in [1.29, 1.82) is 0 Å². The Bertz CT molecular complexity index is 393. The first-order chi connectivity index (χ1) is 9.22. The molecule has 5 nitrogen and oxygen atoms in total. The van der Waals surface area contributed by atoms with Crippen LogP contribution in [0.5, 0.6) is 0 Å². The standard InChI is InChI=1S/C14H21NO4/c1-15-6-5-12(16)13(17)10-3-2-4-11(9-10)14-18-7-8-19-14/h2-4,9,12-17H,5-8H2,1H3. The Kier molecular flexibility index (Phi) is 5.30. The summed E-state index contributed by atoms with van der Waals surface area (Å²) in [7, 11) is 1.81. The molecule has 106 valence electrons. The van der Waals surface area contributed by atoms with Gasteiger partial charge < -0.3 is 25.0 Å². The van der Waals surface area contributed by atoms with Crippen molar-refractivity contribution in [2.45, 2.75) is 24.9 Å². The summed E-state index contributed by atoms with van der Waals surface area (Å²) >= 11 is 0. The molecule has 0 aliphatic carbocycles. The van der Waals surface area contributed by atoms with Crippen molar-refractivity contribution in [3.8, 4) is 0 Å². The van der Waals surface area contributed by atoms with Crippen molar-refractivity contribution >= 4 is 0 Å². The number of aliphatic hydroxyl groups is 2. The molecule has 0 amide bonds. The fraction of sp³-hybridized carbons (Fsp3) is 0.571. The van der Waals surface area contributed by atoms with Gasteiger partial charge >= 0.3 is 0 Å². The van der Waals surface area contributed by atoms with Gasteiger partial charge in [-0.3, -0.25) is 0 Å². The number of benzene rings is 1. The lowest BCUT2D eigenvalue weighted by Crippen LogP contribution is -2.23. The van der Waals surface area contributed by atoms with Crippen molar-refractivity contribution in [2.24, 2.45) is 0 Å². The molecule has 0 spiro atoms. The number of hydrogen-bond donors (Lipinski definition) is 3. The zero-order valence-corrected chi connectivity index (χ0v) is 11.1. The van der Waals surface area contributed by atoms with Gasteiger partial charge in [0, 0.05) is 5.56 Å². The summed E-state index contributed by atoms with van der Waals surface area (Å²) in [5.74, 6) is 0. The van der Waals surface area contributed by atoms with E-state index in [0.717, 1.165) is 5.56 Å². The predicted molar refractivity (Wildman–Crippen MR) is 70.6 cm³/mol. The molecule has 3 N–H and O–H groups in total.